The van der Waals surface area contributed by atoms with Gasteiger partial charge in [0.1, 0.15) is 11.6 Å². The van der Waals surface area contributed by atoms with Crippen LogP contribution in [0.25, 0.3) is 0 Å². The molecule has 3 nitrogen and oxygen atoms in total. The summed E-state index contributed by atoms with van der Waals surface area (Å²) in [6.45, 7) is 12.0. The zero-order valence-corrected chi connectivity index (χ0v) is 14.2. The zero-order valence-electron chi connectivity index (χ0n) is 14.2. The minimum absolute atomic E-state index is 0.101. The number of hydrogen-bond acceptors (Lipinski definition) is 3. The van der Waals surface area contributed by atoms with Crippen molar-refractivity contribution in [2.45, 2.75) is 71.6 Å². The van der Waals surface area contributed by atoms with Crippen LogP contribution in [0.5, 0.6) is 0 Å². The third-order valence-electron chi connectivity index (χ3n) is 3.42. The summed E-state index contributed by atoms with van der Waals surface area (Å²) in [5, 5.41) is 3.44. The van der Waals surface area contributed by atoms with Gasteiger partial charge in [-0.15, -0.1) is 0 Å². The van der Waals surface area contributed by atoms with E-state index in [1.807, 2.05) is 51.1 Å². The Morgan fingerprint density at radius 3 is 2.19 bits per heavy atom. The second-order valence-corrected chi connectivity index (χ2v) is 7.16. The number of nitrogens with one attached hydrogen (secondary N) is 1. The predicted molar refractivity (Wildman–Crippen MR) is 87.3 cm³/mol. The lowest BCUT2D eigenvalue weighted by Crippen LogP contribution is -2.51. The standard InChI is InChI=1S/C18H29NO2/c1-7-18(5,6)19-15(16(20)21-17(2,3)4)13-14-11-9-8-10-12-14/h8-12,15,19H,7,13H2,1-6H3. The first-order chi connectivity index (χ1) is 9.63. The first kappa shape index (κ1) is 17.7. The van der Waals surface area contributed by atoms with E-state index in [1.54, 1.807) is 0 Å². The summed E-state index contributed by atoms with van der Waals surface area (Å²) in [6, 6.07) is 9.71. The highest BCUT2D eigenvalue weighted by Crippen LogP contribution is 2.15. The van der Waals surface area contributed by atoms with E-state index < -0.39 is 5.60 Å². The van der Waals surface area contributed by atoms with Gasteiger partial charge in [-0.25, -0.2) is 0 Å². The van der Waals surface area contributed by atoms with Crippen molar-refractivity contribution in [3.8, 4) is 0 Å². The number of benzene rings is 1. The van der Waals surface area contributed by atoms with E-state index in [1.165, 1.54) is 0 Å². The van der Waals surface area contributed by atoms with Gasteiger partial charge in [0.2, 0.25) is 0 Å². The van der Waals surface area contributed by atoms with E-state index in [-0.39, 0.29) is 17.6 Å². The molecule has 1 rings (SSSR count). The van der Waals surface area contributed by atoms with Gasteiger partial charge in [-0.05, 0) is 53.0 Å². The molecule has 1 aromatic carbocycles. The summed E-state index contributed by atoms with van der Waals surface area (Å²) < 4.78 is 5.56. The lowest BCUT2D eigenvalue weighted by atomic mass is 9.97. The molecule has 0 fully saturated rings. The van der Waals surface area contributed by atoms with E-state index in [0.29, 0.717) is 6.42 Å². The summed E-state index contributed by atoms with van der Waals surface area (Å²) in [7, 11) is 0. The molecule has 0 aromatic heterocycles. The molecule has 118 valence electrons. The Hall–Kier alpha value is -1.35. The molecule has 0 radical (unpaired) electrons. The van der Waals surface area contributed by atoms with Crippen LogP contribution in [0, 0.1) is 0 Å². The molecular weight excluding hydrogens is 262 g/mol. The molecule has 1 unspecified atom stereocenters. The van der Waals surface area contributed by atoms with Crippen molar-refractivity contribution in [3.63, 3.8) is 0 Å². The largest absolute Gasteiger partial charge is 0.459 e. The third kappa shape index (κ3) is 6.76. The lowest BCUT2D eigenvalue weighted by molar-refractivity contribution is -0.158. The smallest absolute Gasteiger partial charge is 0.324 e. The van der Waals surface area contributed by atoms with Gasteiger partial charge in [0.25, 0.3) is 0 Å². The maximum absolute atomic E-state index is 12.5. The fourth-order valence-corrected chi connectivity index (χ4v) is 1.99. The molecule has 0 aliphatic rings. The molecule has 3 heteroatoms. The van der Waals surface area contributed by atoms with Gasteiger partial charge in [0.05, 0.1) is 0 Å². The SMILES string of the molecule is CCC(C)(C)NC(Cc1ccccc1)C(=O)OC(C)(C)C. The summed E-state index contributed by atoms with van der Waals surface area (Å²) in [6.07, 6.45) is 1.58. The van der Waals surface area contributed by atoms with Crippen molar-refractivity contribution in [1.29, 1.82) is 0 Å². The van der Waals surface area contributed by atoms with Crippen LogP contribution >= 0.6 is 0 Å². The maximum Gasteiger partial charge on any atom is 0.324 e. The van der Waals surface area contributed by atoms with Gasteiger partial charge >= 0.3 is 5.97 Å². The van der Waals surface area contributed by atoms with Gasteiger partial charge in [-0.1, -0.05) is 37.3 Å². The van der Waals surface area contributed by atoms with Crippen LogP contribution < -0.4 is 5.32 Å². The number of esters is 1. The minimum atomic E-state index is -0.468. The zero-order chi connectivity index (χ0) is 16.1. The van der Waals surface area contributed by atoms with E-state index in [4.69, 9.17) is 4.74 Å². The summed E-state index contributed by atoms with van der Waals surface area (Å²) in [5.74, 6) is -0.187. The number of hydrogen-bond donors (Lipinski definition) is 1. The van der Waals surface area contributed by atoms with Crippen LogP contribution in [-0.4, -0.2) is 23.2 Å². The molecule has 0 bridgehead atoms. The van der Waals surface area contributed by atoms with Crippen molar-refractivity contribution in [3.05, 3.63) is 35.9 Å². The highest BCUT2D eigenvalue weighted by molar-refractivity contribution is 5.76. The molecule has 0 heterocycles. The van der Waals surface area contributed by atoms with Gasteiger partial charge in [-0.2, -0.15) is 0 Å². The molecule has 0 aliphatic carbocycles. The minimum Gasteiger partial charge on any atom is -0.459 e. The highest BCUT2D eigenvalue weighted by Gasteiger charge is 2.29. The molecule has 0 aliphatic heterocycles. The fourth-order valence-electron chi connectivity index (χ4n) is 1.99. The summed E-state index contributed by atoms with van der Waals surface area (Å²) >= 11 is 0. The third-order valence-corrected chi connectivity index (χ3v) is 3.42. The van der Waals surface area contributed by atoms with Crippen LogP contribution in [0.2, 0.25) is 0 Å². The molecular formula is C18H29NO2. The molecule has 0 saturated heterocycles. The summed E-state index contributed by atoms with van der Waals surface area (Å²) in [5.41, 5.74) is 0.563. The average molecular weight is 291 g/mol. The molecule has 0 saturated carbocycles. The van der Waals surface area contributed by atoms with Crippen molar-refractivity contribution >= 4 is 5.97 Å². The van der Waals surface area contributed by atoms with Crippen molar-refractivity contribution in [2.24, 2.45) is 0 Å². The predicted octanol–water partition coefficient (Wildman–Crippen LogP) is 3.72. The molecule has 1 N–H and O–H groups in total. The molecule has 0 amide bonds. The Labute approximate surface area is 129 Å². The number of rotatable bonds is 6. The van der Waals surface area contributed by atoms with E-state index in [2.05, 4.69) is 26.1 Å². The van der Waals surface area contributed by atoms with Gasteiger partial charge in [0.15, 0.2) is 0 Å². The van der Waals surface area contributed by atoms with Crippen LogP contribution in [0.3, 0.4) is 0 Å². The second kappa shape index (κ2) is 7.08. The Bertz CT molecular complexity index is 446. The Balaban J connectivity index is 2.86. The van der Waals surface area contributed by atoms with Crippen molar-refractivity contribution < 1.29 is 9.53 Å². The molecule has 21 heavy (non-hydrogen) atoms. The Morgan fingerprint density at radius 1 is 1.14 bits per heavy atom. The van der Waals surface area contributed by atoms with E-state index in [0.717, 1.165) is 12.0 Å². The first-order valence-electron chi connectivity index (χ1n) is 7.67. The van der Waals surface area contributed by atoms with E-state index in [9.17, 15) is 4.79 Å². The first-order valence-corrected chi connectivity index (χ1v) is 7.67. The molecule has 1 atom stereocenters. The Morgan fingerprint density at radius 2 is 1.71 bits per heavy atom. The highest BCUT2D eigenvalue weighted by atomic mass is 16.6. The number of carbonyl (C=O) groups excluding carboxylic acids is 1. The van der Waals surface area contributed by atoms with E-state index >= 15 is 0 Å². The van der Waals surface area contributed by atoms with Crippen LogP contribution in [0.15, 0.2) is 30.3 Å². The normalized spacial score (nSPS) is 13.8. The van der Waals surface area contributed by atoms with Crippen LogP contribution in [0.4, 0.5) is 0 Å². The summed E-state index contributed by atoms with van der Waals surface area (Å²) in [4.78, 5) is 12.5. The fraction of sp³-hybridized carbons (Fsp3) is 0.611. The quantitative estimate of drug-likeness (QED) is 0.812. The van der Waals surface area contributed by atoms with Gasteiger partial charge < -0.3 is 4.74 Å². The van der Waals surface area contributed by atoms with Gasteiger partial charge in [0, 0.05) is 5.54 Å². The van der Waals surface area contributed by atoms with Gasteiger partial charge in [-0.3, -0.25) is 10.1 Å². The van der Waals surface area contributed by atoms with Crippen molar-refractivity contribution in [1.82, 2.24) is 5.32 Å². The Kier molecular flexibility index (Phi) is 5.97. The molecule has 1 aromatic rings. The maximum atomic E-state index is 12.5. The van der Waals surface area contributed by atoms with Crippen molar-refractivity contribution in [2.75, 3.05) is 0 Å². The lowest BCUT2D eigenvalue weighted by Gasteiger charge is -2.32. The molecule has 0 spiro atoms. The monoisotopic (exact) mass is 291 g/mol. The second-order valence-electron chi connectivity index (χ2n) is 7.16. The number of ether oxygens (including phenoxy) is 1. The average Bonchev–Trinajstić information content (AvgIpc) is 2.37. The topological polar surface area (TPSA) is 38.3 Å². The van der Waals surface area contributed by atoms with Crippen LogP contribution in [0.1, 0.15) is 53.5 Å². The number of carbonyl (C=O) groups is 1. The van der Waals surface area contributed by atoms with Crippen LogP contribution in [-0.2, 0) is 16.0 Å².